The van der Waals surface area contributed by atoms with Crippen LogP contribution in [0.1, 0.15) is 42.6 Å². The van der Waals surface area contributed by atoms with Crippen molar-refractivity contribution in [1.29, 1.82) is 0 Å². The van der Waals surface area contributed by atoms with Crippen molar-refractivity contribution in [3.63, 3.8) is 0 Å². The summed E-state index contributed by atoms with van der Waals surface area (Å²) in [5, 5.41) is 0.833. The minimum atomic E-state index is -1.24. The average Bonchev–Trinajstić information content (AvgIpc) is 3.27. The van der Waals surface area contributed by atoms with E-state index in [1.54, 1.807) is 22.9 Å². The van der Waals surface area contributed by atoms with E-state index >= 15 is 0 Å². The third-order valence-corrected chi connectivity index (χ3v) is 9.19. The van der Waals surface area contributed by atoms with Crippen molar-refractivity contribution in [3.05, 3.63) is 58.0 Å². The fraction of sp³-hybridized carbons (Fsp3) is 0.516. The summed E-state index contributed by atoms with van der Waals surface area (Å²) in [6, 6.07) is 9.91. The molecular formula is C31H41N3O6Si. The first-order valence-electron chi connectivity index (χ1n) is 14.5. The van der Waals surface area contributed by atoms with Crippen LogP contribution in [0.4, 0.5) is 0 Å². The summed E-state index contributed by atoms with van der Waals surface area (Å²) in [4.78, 5) is 33.0. The van der Waals surface area contributed by atoms with Crippen LogP contribution in [0, 0.1) is 6.92 Å². The zero-order chi connectivity index (χ0) is 29.3. The molecule has 1 fully saturated rings. The van der Waals surface area contributed by atoms with Crippen LogP contribution in [-0.4, -0.2) is 66.4 Å². The number of aromatic nitrogens is 2. The normalized spacial score (nSPS) is 19.0. The quantitative estimate of drug-likeness (QED) is 0.253. The van der Waals surface area contributed by atoms with Gasteiger partial charge in [0.2, 0.25) is 5.88 Å². The van der Waals surface area contributed by atoms with Gasteiger partial charge in [-0.2, -0.15) is 0 Å². The number of ether oxygens (including phenoxy) is 4. The van der Waals surface area contributed by atoms with E-state index in [0.29, 0.717) is 61.1 Å². The number of hydrogen-bond donors (Lipinski definition) is 0. The van der Waals surface area contributed by atoms with Crippen LogP contribution in [0.15, 0.2) is 41.3 Å². The summed E-state index contributed by atoms with van der Waals surface area (Å²) in [7, 11) is -1.24. The van der Waals surface area contributed by atoms with E-state index in [1.165, 1.54) is 6.07 Å². The molecule has 0 saturated carbocycles. The number of rotatable bonds is 9. The highest BCUT2D eigenvalue weighted by molar-refractivity contribution is 6.76. The molecular weight excluding hydrogens is 538 g/mol. The van der Waals surface area contributed by atoms with E-state index in [-0.39, 0.29) is 36.4 Å². The summed E-state index contributed by atoms with van der Waals surface area (Å²) < 4.78 is 26.0. The van der Waals surface area contributed by atoms with Crippen LogP contribution in [0.25, 0.3) is 10.9 Å². The Hall–Kier alpha value is -3.37. The zero-order valence-corrected chi connectivity index (χ0v) is 25.9. The molecule has 0 radical (unpaired) electrons. The Morgan fingerprint density at radius 3 is 2.71 bits per heavy atom. The molecule has 1 amide bonds. The summed E-state index contributed by atoms with van der Waals surface area (Å²) in [6.45, 7) is 14.5. The highest BCUT2D eigenvalue weighted by Gasteiger charge is 2.40. The minimum absolute atomic E-state index is 0.0211. The number of amides is 1. The van der Waals surface area contributed by atoms with E-state index in [2.05, 4.69) is 24.6 Å². The van der Waals surface area contributed by atoms with Crippen LogP contribution < -0.4 is 19.8 Å². The van der Waals surface area contributed by atoms with E-state index in [0.717, 1.165) is 17.0 Å². The molecule has 1 saturated heterocycles. The molecule has 2 aliphatic heterocycles. The van der Waals surface area contributed by atoms with Gasteiger partial charge >= 0.3 is 0 Å². The fourth-order valence-corrected chi connectivity index (χ4v) is 6.15. The van der Waals surface area contributed by atoms with Gasteiger partial charge in [-0.1, -0.05) is 19.6 Å². The second-order valence-corrected chi connectivity index (χ2v) is 18.2. The maximum atomic E-state index is 13.9. The topological polar surface area (TPSA) is 92.1 Å². The maximum absolute atomic E-state index is 13.9. The molecule has 0 unspecified atom stereocenters. The lowest BCUT2D eigenvalue weighted by Gasteiger charge is -2.29. The third kappa shape index (κ3) is 6.76. The molecule has 2 aromatic heterocycles. The van der Waals surface area contributed by atoms with Crippen molar-refractivity contribution in [2.75, 3.05) is 19.8 Å². The number of carbonyl (C=O) groups excluding carboxylic acids is 1. The standard InChI is InChI=1S/C31H41N3O6Si/c1-20(2)39-27-14-21(3)13-26-30(27)31(36)33-18-24(15-23(33)9-10-38-26)40-28-16-25-22(17-32-28)7-8-29(35)34(25)19-37-11-12-41(4,5)6/h7-8,13-14,16-17,20,23-24H,9-12,15,18-19H2,1-6H3/t23-,24-/m0/s1. The predicted octanol–water partition coefficient (Wildman–Crippen LogP) is 5.25. The van der Waals surface area contributed by atoms with Crippen molar-refractivity contribution in [2.45, 2.75) is 84.3 Å². The highest BCUT2D eigenvalue weighted by atomic mass is 28.3. The number of carbonyl (C=O) groups is 1. The molecule has 4 heterocycles. The Labute approximate surface area is 242 Å². The Morgan fingerprint density at radius 1 is 1.15 bits per heavy atom. The van der Waals surface area contributed by atoms with Gasteiger partial charge in [-0.15, -0.1) is 0 Å². The molecule has 0 spiro atoms. The number of benzene rings is 1. The van der Waals surface area contributed by atoms with Crippen LogP contribution >= 0.6 is 0 Å². The van der Waals surface area contributed by atoms with Gasteiger partial charge in [-0.3, -0.25) is 14.2 Å². The van der Waals surface area contributed by atoms with E-state index in [9.17, 15) is 9.59 Å². The molecule has 3 aromatic rings. The average molecular weight is 580 g/mol. The number of fused-ring (bicyclic) bond motifs is 3. The molecule has 1 aromatic carbocycles. The molecule has 41 heavy (non-hydrogen) atoms. The van der Waals surface area contributed by atoms with Crippen molar-refractivity contribution in [2.24, 2.45) is 0 Å². The Morgan fingerprint density at radius 2 is 1.95 bits per heavy atom. The Bertz CT molecular complexity index is 1480. The minimum Gasteiger partial charge on any atom is -0.493 e. The summed E-state index contributed by atoms with van der Waals surface area (Å²) in [5.74, 6) is 1.42. The van der Waals surface area contributed by atoms with Gasteiger partial charge in [0.1, 0.15) is 29.9 Å². The maximum Gasteiger partial charge on any atom is 0.261 e. The lowest BCUT2D eigenvalue weighted by molar-refractivity contribution is 0.0674. The predicted molar refractivity (Wildman–Crippen MR) is 161 cm³/mol. The van der Waals surface area contributed by atoms with Gasteiger partial charge in [0, 0.05) is 57.3 Å². The number of aryl methyl sites for hydroxylation is 1. The second-order valence-electron chi connectivity index (χ2n) is 12.6. The molecule has 0 bridgehead atoms. The molecule has 2 aliphatic rings. The first-order valence-corrected chi connectivity index (χ1v) is 18.2. The third-order valence-electron chi connectivity index (χ3n) is 7.49. The SMILES string of the molecule is Cc1cc2c(c(OC(C)C)c1)C(=O)N1C[C@@H](Oc3cc4c(ccc(=O)n4COCC[Si](C)(C)C)cn3)C[C@@H]1CCO2. The van der Waals surface area contributed by atoms with Gasteiger partial charge in [0.25, 0.3) is 11.5 Å². The zero-order valence-electron chi connectivity index (χ0n) is 24.9. The van der Waals surface area contributed by atoms with Crippen LogP contribution in [-0.2, 0) is 11.5 Å². The van der Waals surface area contributed by atoms with Crippen LogP contribution in [0.2, 0.25) is 25.7 Å². The van der Waals surface area contributed by atoms with E-state index < -0.39 is 8.07 Å². The first-order chi connectivity index (χ1) is 19.5. The molecule has 0 N–H and O–H groups in total. The van der Waals surface area contributed by atoms with Crippen molar-refractivity contribution in [1.82, 2.24) is 14.5 Å². The van der Waals surface area contributed by atoms with Gasteiger partial charge in [-0.25, -0.2) is 4.98 Å². The van der Waals surface area contributed by atoms with Crippen LogP contribution in [0.5, 0.6) is 17.4 Å². The van der Waals surface area contributed by atoms with E-state index in [4.69, 9.17) is 18.9 Å². The smallest absolute Gasteiger partial charge is 0.261 e. The highest BCUT2D eigenvalue weighted by Crippen LogP contribution is 2.37. The molecule has 220 valence electrons. The largest absolute Gasteiger partial charge is 0.493 e. The van der Waals surface area contributed by atoms with Crippen molar-refractivity contribution >= 4 is 24.9 Å². The number of pyridine rings is 2. The van der Waals surface area contributed by atoms with Gasteiger partial charge in [-0.05, 0) is 50.6 Å². The van der Waals surface area contributed by atoms with Crippen molar-refractivity contribution < 1.29 is 23.7 Å². The van der Waals surface area contributed by atoms with Gasteiger partial charge in [0.05, 0.1) is 24.8 Å². The van der Waals surface area contributed by atoms with Gasteiger partial charge in [0.15, 0.2) is 0 Å². The number of hydrogen-bond acceptors (Lipinski definition) is 7. The Kier molecular flexibility index (Phi) is 8.42. The Balaban J connectivity index is 1.35. The molecule has 10 heteroatoms. The molecule has 9 nitrogen and oxygen atoms in total. The monoisotopic (exact) mass is 579 g/mol. The van der Waals surface area contributed by atoms with E-state index in [1.807, 2.05) is 37.8 Å². The van der Waals surface area contributed by atoms with Crippen molar-refractivity contribution in [3.8, 4) is 17.4 Å². The lowest BCUT2D eigenvalue weighted by Crippen LogP contribution is -2.39. The fourth-order valence-electron chi connectivity index (χ4n) is 5.39. The second kappa shape index (κ2) is 11.9. The van der Waals surface area contributed by atoms with Crippen LogP contribution in [0.3, 0.4) is 0 Å². The molecule has 5 rings (SSSR count). The lowest BCUT2D eigenvalue weighted by atomic mass is 10.0. The summed E-state index contributed by atoms with van der Waals surface area (Å²) in [5.41, 5.74) is 2.03. The summed E-state index contributed by atoms with van der Waals surface area (Å²) >= 11 is 0. The molecule has 2 atom stereocenters. The number of nitrogens with zero attached hydrogens (tertiary/aromatic N) is 3. The van der Waals surface area contributed by atoms with Gasteiger partial charge < -0.3 is 23.8 Å². The summed E-state index contributed by atoms with van der Waals surface area (Å²) in [6.07, 6.45) is 2.77. The molecule has 0 aliphatic carbocycles. The first kappa shape index (κ1) is 29.1.